The summed E-state index contributed by atoms with van der Waals surface area (Å²) in [5.74, 6) is 0.165. The van der Waals surface area contributed by atoms with Gasteiger partial charge >= 0.3 is 6.03 Å². The van der Waals surface area contributed by atoms with Gasteiger partial charge in [-0.05, 0) is 42.7 Å². The van der Waals surface area contributed by atoms with Crippen LogP contribution >= 0.6 is 0 Å². The Morgan fingerprint density at radius 1 is 0.947 bits per heavy atom. The van der Waals surface area contributed by atoms with Gasteiger partial charge in [-0.15, -0.1) is 0 Å². The van der Waals surface area contributed by atoms with E-state index in [1.807, 2.05) is 71.0 Å². The predicted octanol–water partition coefficient (Wildman–Crippen LogP) is 2.86. The highest BCUT2D eigenvalue weighted by atomic mass is 16.5. The fourth-order valence-corrected chi connectivity index (χ4v) is 4.73. The minimum atomic E-state index is -0.546. The summed E-state index contributed by atoms with van der Waals surface area (Å²) in [6.45, 7) is 5.32. The molecule has 1 saturated heterocycles. The fourth-order valence-electron chi connectivity index (χ4n) is 4.73. The number of hydrogen-bond acceptors (Lipinski definition) is 5. The Bertz CT molecular complexity index is 1260. The molecule has 0 bridgehead atoms. The van der Waals surface area contributed by atoms with Crippen molar-refractivity contribution in [3.8, 4) is 5.75 Å². The molecule has 9 heteroatoms. The number of carbonyl (C=O) groups excluding carboxylic acids is 3. The van der Waals surface area contributed by atoms with Crippen LogP contribution in [0.5, 0.6) is 5.75 Å². The van der Waals surface area contributed by atoms with E-state index in [4.69, 9.17) is 10.5 Å². The third-order valence-electron chi connectivity index (χ3n) is 7.01. The van der Waals surface area contributed by atoms with Crippen LogP contribution < -0.4 is 15.8 Å². The first kappa shape index (κ1) is 26.9. The van der Waals surface area contributed by atoms with Crippen LogP contribution in [0, 0.1) is 6.92 Å². The molecule has 1 aliphatic heterocycles. The standard InChI is InChI=1S/C29H35N5O4/c1-21-25(28(30)36)18-26(34(21)13-12-22-8-10-24(38-2)11-9-22)27(35)20-32-14-16-33(17-15-32)29(37)31-19-23-6-4-3-5-7-23/h3-11,18H,12-17,19-20H2,1-2H3,(H2,30,36)(H,31,37). The van der Waals surface area contributed by atoms with E-state index >= 15 is 0 Å². The lowest BCUT2D eigenvalue weighted by Crippen LogP contribution is -2.52. The smallest absolute Gasteiger partial charge is 0.317 e. The quantitative estimate of drug-likeness (QED) is 0.402. The summed E-state index contributed by atoms with van der Waals surface area (Å²) in [6, 6.07) is 19.1. The van der Waals surface area contributed by atoms with Gasteiger partial charge in [-0.25, -0.2) is 4.79 Å². The molecule has 3 amide bonds. The maximum atomic E-state index is 13.4. The van der Waals surface area contributed by atoms with E-state index in [1.165, 1.54) is 0 Å². The number of urea groups is 1. The minimum Gasteiger partial charge on any atom is -0.497 e. The van der Waals surface area contributed by atoms with E-state index in [2.05, 4.69) is 5.32 Å². The molecule has 1 fully saturated rings. The van der Waals surface area contributed by atoms with Crippen LogP contribution in [0.4, 0.5) is 4.79 Å². The van der Waals surface area contributed by atoms with Gasteiger partial charge in [0, 0.05) is 45.0 Å². The van der Waals surface area contributed by atoms with Crippen LogP contribution in [-0.4, -0.2) is 71.9 Å². The van der Waals surface area contributed by atoms with Crippen LogP contribution in [0.15, 0.2) is 60.7 Å². The Hall–Kier alpha value is -4.11. The second kappa shape index (κ2) is 12.4. The van der Waals surface area contributed by atoms with Gasteiger partial charge in [0.1, 0.15) is 5.75 Å². The van der Waals surface area contributed by atoms with Crippen LogP contribution in [-0.2, 0) is 19.5 Å². The number of amides is 3. The second-order valence-corrected chi connectivity index (χ2v) is 9.47. The molecule has 2 aromatic carbocycles. The number of nitrogens with zero attached hydrogens (tertiary/aromatic N) is 3. The number of aryl methyl sites for hydroxylation is 1. The molecular weight excluding hydrogens is 482 g/mol. The number of ether oxygens (including phenoxy) is 1. The van der Waals surface area contributed by atoms with Crippen LogP contribution in [0.2, 0.25) is 0 Å². The first-order chi connectivity index (χ1) is 18.4. The minimum absolute atomic E-state index is 0.0719. The molecule has 2 heterocycles. The van der Waals surface area contributed by atoms with Crippen molar-refractivity contribution < 1.29 is 19.1 Å². The summed E-state index contributed by atoms with van der Waals surface area (Å²) in [5, 5.41) is 2.96. The number of piperazine rings is 1. The maximum Gasteiger partial charge on any atom is 0.317 e. The van der Waals surface area contributed by atoms with Crippen molar-refractivity contribution >= 4 is 17.7 Å². The average Bonchev–Trinajstić information content (AvgIpc) is 3.28. The zero-order valence-electron chi connectivity index (χ0n) is 22.0. The van der Waals surface area contributed by atoms with Crippen molar-refractivity contribution in [3.05, 3.63) is 88.7 Å². The van der Waals surface area contributed by atoms with Gasteiger partial charge in [0.05, 0.1) is 24.9 Å². The molecule has 200 valence electrons. The summed E-state index contributed by atoms with van der Waals surface area (Å²) in [5.41, 5.74) is 9.27. The number of hydrogen-bond donors (Lipinski definition) is 2. The SMILES string of the molecule is COc1ccc(CCn2c(C(=O)CN3CCN(C(=O)NCc4ccccc4)CC3)cc(C(N)=O)c2C)cc1. The highest BCUT2D eigenvalue weighted by Crippen LogP contribution is 2.19. The Labute approximate surface area is 223 Å². The van der Waals surface area contributed by atoms with Crippen LogP contribution in [0.3, 0.4) is 0 Å². The number of nitrogens with two attached hydrogens (primary N) is 1. The highest BCUT2D eigenvalue weighted by Gasteiger charge is 2.25. The zero-order valence-corrected chi connectivity index (χ0v) is 22.0. The number of benzene rings is 2. The maximum absolute atomic E-state index is 13.4. The summed E-state index contributed by atoms with van der Waals surface area (Å²) >= 11 is 0. The van der Waals surface area contributed by atoms with Gasteiger partial charge in [-0.3, -0.25) is 14.5 Å². The lowest BCUT2D eigenvalue weighted by molar-refractivity contribution is 0.0868. The molecule has 1 aromatic heterocycles. The van der Waals surface area contributed by atoms with Crippen molar-refractivity contribution in [2.45, 2.75) is 26.4 Å². The molecular formula is C29H35N5O4. The van der Waals surface area contributed by atoms with Crippen molar-refractivity contribution in [2.24, 2.45) is 5.73 Å². The number of aromatic nitrogens is 1. The predicted molar refractivity (Wildman–Crippen MR) is 145 cm³/mol. The molecule has 38 heavy (non-hydrogen) atoms. The topological polar surface area (TPSA) is 110 Å². The second-order valence-electron chi connectivity index (χ2n) is 9.47. The number of nitrogens with one attached hydrogen (secondary N) is 1. The molecule has 1 aliphatic rings. The van der Waals surface area contributed by atoms with Gasteiger partial charge < -0.3 is 25.3 Å². The third kappa shape index (κ3) is 6.60. The Morgan fingerprint density at radius 2 is 1.63 bits per heavy atom. The van der Waals surface area contributed by atoms with Crippen molar-refractivity contribution in [2.75, 3.05) is 39.8 Å². The number of carbonyl (C=O) groups is 3. The summed E-state index contributed by atoms with van der Waals surface area (Å²) in [7, 11) is 1.63. The third-order valence-corrected chi connectivity index (χ3v) is 7.01. The molecule has 0 unspecified atom stereocenters. The Kier molecular flexibility index (Phi) is 8.81. The van der Waals surface area contributed by atoms with Crippen molar-refractivity contribution in [3.63, 3.8) is 0 Å². The molecule has 0 atom stereocenters. The normalized spacial score (nSPS) is 13.8. The average molecular weight is 518 g/mol. The first-order valence-corrected chi connectivity index (χ1v) is 12.8. The Morgan fingerprint density at radius 3 is 2.26 bits per heavy atom. The summed E-state index contributed by atoms with van der Waals surface area (Å²) < 4.78 is 7.11. The van der Waals surface area contributed by atoms with Gasteiger partial charge in [0.25, 0.3) is 5.91 Å². The molecule has 4 rings (SSSR count). The molecule has 3 aromatic rings. The lowest BCUT2D eigenvalue weighted by atomic mass is 10.1. The fraction of sp³-hybridized carbons (Fsp3) is 0.345. The summed E-state index contributed by atoms with van der Waals surface area (Å²) in [6.07, 6.45) is 0.689. The van der Waals surface area contributed by atoms with Gasteiger partial charge in [0.2, 0.25) is 0 Å². The van der Waals surface area contributed by atoms with E-state index < -0.39 is 5.91 Å². The van der Waals surface area contributed by atoms with E-state index in [0.717, 1.165) is 16.9 Å². The van der Waals surface area contributed by atoms with Crippen molar-refractivity contribution in [1.82, 2.24) is 19.7 Å². The van der Waals surface area contributed by atoms with Crippen molar-refractivity contribution in [1.29, 1.82) is 0 Å². The van der Waals surface area contributed by atoms with E-state index in [-0.39, 0.29) is 18.4 Å². The lowest BCUT2D eigenvalue weighted by Gasteiger charge is -2.34. The molecule has 9 nitrogen and oxygen atoms in total. The number of ketones is 1. The zero-order chi connectivity index (χ0) is 27.1. The largest absolute Gasteiger partial charge is 0.497 e. The molecule has 0 radical (unpaired) electrons. The van der Waals surface area contributed by atoms with E-state index in [9.17, 15) is 14.4 Å². The van der Waals surface area contributed by atoms with Gasteiger partial charge in [0.15, 0.2) is 5.78 Å². The van der Waals surface area contributed by atoms with E-state index in [1.54, 1.807) is 18.1 Å². The number of primary amides is 1. The monoisotopic (exact) mass is 517 g/mol. The first-order valence-electron chi connectivity index (χ1n) is 12.8. The number of rotatable bonds is 10. The number of methoxy groups -OCH3 is 1. The highest BCUT2D eigenvalue weighted by molar-refractivity contribution is 6.01. The number of Topliss-reactive ketones (excluding diaryl/α,β-unsaturated/α-hetero) is 1. The van der Waals surface area contributed by atoms with E-state index in [0.29, 0.717) is 62.6 Å². The van der Waals surface area contributed by atoms with Crippen LogP contribution in [0.25, 0.3) is 0 Å². The Balaban J connectivity index is 1.35. The summed E-state index contributed by atoms with van der Waals surface area (Å²) in [4.78, 5) is 41.8. The molecule has 3 N–H and O–H groups in total. The molecule has 0 aliphatic carbocycles. The van der Waals surface area contributed by atoms with Crippen LogP contribution in [0.1, 0.15) is 37.7 Å². The molecule has 0 saturated carbocycles. The molecule has 0 spiro atoms. The van der Waals surface area contributed by atoms with Gasteiger partial charge in [-0.2, -0.15) is 0 Å². The van der Waals surface area contributed by atoms with Gasteiger partial charge in [-0.1, -0.05) is 42.5 Å².